The highest BCUT2D eigenvalue weighted by molar-refractivity contribution is 5.91. The van der Waals surface area contributed by atoms with Crippen LogP contribution in [0.1, 0.15) is 21.5 Å². The molecule has 2 aromatic rings. The van der Waals surface area contributed by atoms with Crippen molar-refractivity contribution in [1.29, 1.82) is 0 Å². The van der Waals surface area contributed by atoms with Crippen LogP contribution in [-0.2, 0) is 17.8 Å². The summed E-state index contributed by atoms with van der Waals surface area (Å²) in [7, 11) is 0. The van der Waals surface area contributed by atoms with Crippen molar-refractivity contribution in [3.05, 3.63) is 71.0 Å². The van der Waals surface area contributed by atoms with Crippen molar-refractivity contribution in [2.24, 2.45) is 0 Å². The number of benzene rings is 2. The first-order valence-corrected chi connectivity index (χ1v) is 6.38. The van der Waals surface area contributed by atoms with Crippen LogP contribution < -0.4 is 5.32 Å². The number of carboxylic acid groups (broad SMARTS) is 1. The van der Waals surface area contributed by atoms with Crippen molar-refractivity contribution in [3.63, 3.8) is 0 Å². The summed E-state index contributed by atoms with van der Waals surface area (Å²) in [4.78, 5) is 22.9. The number of carboxylic acids is 1. The molecular weight excluding hydrogens is 273 g/mol. The van der Waals surface area contributed by atoms with Gasteiger partial charge in [0.15, 0.2) is 0 Å². The van der Waals surface area contributed by atoms with Gasteiger partial charge in [0.25, 0.3) is 0 Å². The summed E-state index contributed by atoms with van der Waals surface area (Å²) >= 11 is 0. The minimum absolute atomic E-state index is 0.0102. The van der Waals surface area contributed by atoms with Gasteiger partial charge in [-0.1, -0.05) is 30.3 Å². The van der Waals surface area contributed by atoms with Crippen molar-refractivity contribution in [2.75, 3.05) is 0 Å². The van der Waals surface area contributed by atoms with Crippen LogP contribution in [0.5, 0.6) is 0 Å². The monoisotopic (exact) mass is 287 g/mol. The van der Waals surface area contributed by atoms with Crippen LogP contribution in [0.25, 0.3) is 0 Å². The molecule has 0 saturated heterocycles. The molecule has 21 heavy (non-hydrogen) atoms. The van der Waals surface area contributed by atoms with Crippen LogP contribution in [0.15, 0.2) is 48.5 Å². The highest BCUT2D eigenvalue weighted by Gasteiger charge is 2.12. The number of carbonyl (C=O) groups is 2. The van der Waals surface area contributed by atoms with E-state index in [4.69, 9.17) is 5.11 Å². The number of carbonyl (C=O) groups excluding carboxylic acids is 1. The number of nitrogens with one attached hydrogen (secondary N) is 1. The maximum absolute atomic E-state index is 12.8. The minimum atomic E-state index is -1.06. The summed E-state index contributed by atoms with van der Waals surface area (Å²) in [6.07, 6.45) is -0.0102. The van der Waals surface area contributed by atoms with Gasteiger partial charge in [0.1, 0.15) is 5.82 Å². The number of halogens is 1. The molecule has 0 aliphatic heterocycles. The summed E-state index contributed by atoms with van der Waals surface area (Å²) in [6, 6.07) is 12.2. The molecule has 0 heterocycles. The van der Waals surface area contributed by atoms with Crippen LogP contribution in [0.2, 0.25) is 0 Å². The molecule has 0 bridgehead atoms. The van der Waals surface area contributed by atoms with Crippen molar-refractivity contribution >= 4 is 11.9 Å². The van der Waals surface area contributed by atoms with Gasteiger partial charge in [-0.05, 0) is 29.3 Å². The summed E-state index contributed by atoms with van der Waals surface area (Å²) in [5, 5.41) is 11.7. The van der Waals surface area contributed by atoms with Crippen molar-refractivity contribution in [2.45, 2.75) is 13.0 Å². The van der Waals surface area contributed by atoms with E-state index in [1.807, 2.05) is 0 Å². The van der Waals surface area contributed by atoms with Gasteiger partial charge in [0, 0.05) is 6.54 Å². The molecule has 1 amide bonds. The molecule has 0 unspecified atom stereocenters. The minimum Gasteiger partial charge on any atom is -0.478 e. The fraction of sp³-hybridized carbons (Fsp3) is 0.125. The second-order valence-electron chi connectivity index (χ2n) is 4.54. The normalized spacial score (nSPS) is 10.1. The summed E-state index contributed by atoms with van der Waals surface area (Å²) in [6.45, 7) is 0.272. The molecule has 2 aromatic carbocycles. The first-order valence-electron chi connectivity index (χ1n) is 6.38. The van der Waals surface area contributed by atoms with Gasteiger partial charge >= 0.3 is 5.97 Å². The SMILES string of the molecule is O=C(Cc1ccccc1C(=O)O)NCc1ccc(F)cc1. The number of rotatable bonds is 5. The molecule has 0 atom stereocenters. The summed E-state index contributed by atoms with van der Waals surface area (Å²) < 4.78 is 12.8. The fourth-order valence-electron chi connectivity index (χ4n) is 1.92. The van der Waals surface area contributed by atoms with E-state index in [2.05, 4.69) is 5.32 Å². The standard InChI is InChI=1S/C16H14FNO3/c17-13-7-5-11(6-8-13)10-18-15(19)9-12-3-1-2-4-14(12)16(20)21/h1-8H,9-10H2,(H,18,19)(H,20,21). The molecule has 108 valence electrons. The molecule has 5 heteroatoms. The zero-order valence-corrected chi connectivity index (χ0v) is 11.2. The van der Waals surface area contributed by atoms with Crippen LogP contribution in [-0.4, -0.2) is 17.0 Å². The fourth-order valence-corrected chi connectivity index (χ4v) is 1.92. The number of amides is 1. The predicted molar refractivity (Wildman–Crippen MR) is 75.4 cm³/mol. The van der Waals surface area contributed by atoms with Gasteiger partial charge in [-0.2, -0.15) is 0 Å². The lowest BCUT2D eigenvalue weighted by Gasteiger charge is -2.07. The molecule has 0 aromatic heterocycles. The Morgan fingerprint density at radius 1 is 1.05 bits per heavy atom. The Bertz CT molecular complexity index is 653. The van der Waals surface area contributed by atoms with Crippen molar-refractivity contribution in [1.82, 2.24) is 5.32 Å². The van der Waals surface area contributed by atoms with E-state index in [9.17, 15) is 14.0 Å². The average Bonchev–Trinajstić information content (AvgIpc) is 2.47. The molecule has 0 radical (unpaired) electrons. The third-order valence-electron chi connectivity index (χ3n) is 3.00. The van der Waals surface area contributed by atoms with E-state index in [0.717, 1.165) is 5.56 Å². The third-order valence-corrected chi connectivity index (χ3v) is 3.00. The Labute approximate surface area is 121 Å². The molecule has 2 N–H and O–H groups in total. The Morgan fingerprint density at radius 3 is 2.38 bits per heavy atom. The second-order valence-corrected chi connectivity index (χ2v) is 4.54. The average molecular weight is 287 g/mol. The maximum Gasteiger partial charge on any atom is 0.335 e. The van der Waals surface area contributed by atoms with E-state index in [0.29, 0.717) is 5.56 Å². The molecule has 0 saturated carbocycles. The summed E-state index contributed by atoms with van der Waals surface area (Å²) in [5.74, 6) is -1.68. The van der Waals surface area contributed by atoms with Gasteiger partial charge in [0.2, 0.25) is 5.91 Å². The molecule has 4 nitrogen and oxygen atoms in total. The molecule has 0 aliphatic rings. The Balaban J connectivity index is 1.96. The largest absolute Gasteiger partial charge is 0.478 e. The topological polar surface area (TPSA) is 66.4 Å². The predicted octanol–water partition coefficient (Wildman–Crippen LogP) is 2.38. The second kappa shape index (κ2) is 6.65. The molecule has 0 fully saturated rings. The van der Waals surface area contributed by atoms with Crippen molar-refractivity contribution in [3.8, 4) is 0 Å². The smallest absolute Gasteiger partial charge is 0.335 e. The van der Waals surface area contributed by atoms with Gasteiger partial charge < -0.3 is 10.4 Å². The molecule has 2 rings (SSSR count). The molecule has 0 spiro atoms. The van der Waals surface area contributed by atoms with Crippen LogP contribution >= 0.6 is 0 Å². The summed E-state index contributed by atoms with van der Waals surface area (Å²) in [5.41, 5.74) is 1.35. The Morgan fingerprint density at radius 2 is 1.71 bits per heavy atom. The Hall–Kier alpha value is -2.69. The molecule has 0 aliphatic carbocycles. The lowest BCUT2D eigenvalue weighted by atomic mass is 10.0. The van der Waals surface area contributed by atoms with Crippen LogP contribution in [0.4, 0.5) is 4.39 Å². The molecular formula is C16H14FNO3. The van der Waals surface area contributed by atoms with E-state index >= 15 is 0 Å². The van der Waals surface area contributed by atoms with Crippen molar-refractivity contribution < 1.29 is 19.1 Å². The van der Waals surface area contributed by atoms with Gasteiger partial charge in [-0.15, -0.1) is 0 Å². The van der Waals surface area contributed by atoms with Gasteiger partial charge in [-0.3, -0.25) is 4.79 Å². The van der Waals surface area contributed by atoms with E-state index < -0.39 is 5.97 Å². The zero-order valence-electron chi connectivity index (χ0n) is 11.2. The third kappa shape index (κ3) is 4.14. The number of hydrogen-bond donors (Lipinski definition) is 2. The number of hydrogen-bond acceptors (Lipinski definition) is 2. The zero-order chi connectivity index (χ0) is 15.2. The van der Waals surface area contributed by atoms with E-state index in [1.165, 1.54) is 18.2 Å². The van der Waals surface area contributed by atoms with Crippen LogP contribution in [0, 0.1) is 5.82 Å². The highest BCUT2D eigenvalue weighted by atomic mass is 19.1. The van der Waals surface area contributed by atoms with Gasteiger partial charge in [-0.25, -0.2) is 9.18 Å². The lowest BCUT2D eigenvalue weighted by molar-refractivity contribution is -0.120. The maximum atomic E-state index is 12.8. The van der Waals surface area contributed by atoms with Gasteiger partial charge in [0.05, 0.1) is 12.0 Å². The van der Waals surface area contributed by atoms with E-state index in [-0.39, 0.29) is 30.3 Å². The first-order chi connectivity index (χ1) is 10.1. The quantitative estimate of drug-likeness (QED) is 0.887. The lowest BCUT2D eigenvalue weighted by Crippen LogP contribution is -2.25. The Kier molecular flexibility index (Phi) is 4.66. The van der Waals surface area contributed by atoms with Crippen LogP contribution in [0.3, 0.4) is 0 Å². The number of aromatic carboxylic acids is 1. The first kappa shape index (κ1) is 14.7. The highest BCUT2D eigenvalue weighted by Crippen LogP contribution is 2.10. The van der Waals surface area contributed by atoms with E-state index in [1.54, 1.807) is 30.3 Å².